The minimum atomic E-state index is -4.93. The molecule has 0 saturated carbocycles. The summed E-state index contributed by atoms with van der Waals surface area (Å²) < 4.78 is 73.3. The zero-order valence-electron chi connectivity index (χ0n) is 24.5. The maximum absolute atomic E-state index is 14.6. The zero-order valence-corrected chi connectivity index (χ0v) is 25.2. The number of nitrogens with two attached hydrogens (primary N) is 2. The topological polar surface area (TPSA) is 164 Å². The van der Waals surface area contributed by atoms with Crippen molar-refractivity contribution in [2.45, 2.75) is 37.7 Å². The van der Waals surface area contributed by atoms with Gasteiger partial charge in [-0.2, -0.15) is 13.2 Å². The number of amides is 2. The number of carbonyl (C=O) groups is 2. The Kier molecular flexibility index (Phi) is 9.42. The Balaban J connectivity index is 1.79. The van der Waals surface area contributed by atoms with Crippen LogP contribution in [0.25, 0.3) is 11.3 Å². The van der Waals surface area contributed by atoms with Crippen LogP contribution in [0.15, 0.2) is 35.5 Å². The first-order chi connectivity index (χ1) is 21.1. The molecule has 0 bridgehead atoms. The summed E-state index contributed by atoms with van der Waals surface area (Å²) in [6, 6.07) is 4.96. The second-order valence-electron chi connectivity index (χ2n) is 10.3. The van der Waals surface area contributed by atoms with Crippen molar-refractivity contribution in [3.8, 4) is 28.6 Å². The number of carbonyl (C=O) groups excluding carboxylic acids is 2. The van der Waals surface area contributed by atoms with E-state index in [9.17, 15) is 27.2 Å². The third-order valence-corrected chi connectivity index (χ3v) is 7.60. The van der Waals surface area contributed by atoms with Crippen molar-refractivity contribution in [1.29, 1.82) is 0 Å². The van der Waals surface area contributed by atoms with Gasteiger partial charge in [0.05, 0.1) is 25.6 Å². The Morgan fingerprint density at radius 2 is 1.98 bits per heavy atom. The van der Waals surface area contributed by atoms with Crippen LogP contribution in [-0.4, -0.2) is 67.8 Å². The van der Waals surface area contributed by atoms with Gasteiger partial charge in [-0.25, -0.2) is 14.4 Å². The van der Waals surface area contributed by atoms with Gasteiger partial charge in [-0.3, -0.25) is 14.6 Å². The molecule has 240 valence electrons. The average molecular weight is 653 g/mol. The molecule has 1 aromatic carbocycles. The molecular weight excluding hydrogens is 624 g/mol. The monoisotopic (exact) mass is 652 g/mol. The lowest BCUT2D eigenvalue weighted by molar-refractivity contribution is -0.149. The van der Waals surface area contributed by atoms with E-state index in [4.69, 9.17) is 37.3 Å². The Labute approximate surface area is 259 Å². The molecule has 16 heteroatoms. The first-order valence-corrected chi connectivity index (χ1v) is 13.7. The predicted molar refractivity (Wildman–Crippen MR) is 158 cm³/mol. The number of benzene rings is 1. The van der Waals surface area contributed by atoms with E-state index in [1.165, 1.54) is 52.5 Å². The van der Waals surface area contributed by atoms with Gasteiger partial charge in [-0.05, 0) is 38.1 Å². The van der Waals surface area contributed by atoms with E-state index in [1.54, 1.807) is 0 Å². The van der Waals surface area contributed by atoms with E-state index in [0.717, 1.165) is 12.3 Å². The number of aromatic nitrogens is 2. The molecule has 0 spiro atoms. The van der Waals surface area contributed by atoms with Gasteiger partial charge in [-0.1, -0.05) is 11.6 Å². The SMILES string of the molecule is COc1cc(C(=O)NCC(c2cc3c(c(-c4ccnc(OC)c4Cl)n2)OC[C@]3(C)C(N)=O)C(F)(F)F)cc(/C=N/C(C)F)c1N. The number of anilines is 1. The normalized spacial score (nSPS) is 17.4. The van der Waals surface area contributed by atoms with Crippen molar-refractivity contribution < 1.29 is 41.4 Å². The minimum absolute atomic E-state index is 0.0188. The Hall–Kier alpha value is -4.66. The lowest BCUT2D eigenvalue weighted by atomic mass is 9.82. The van der Waals surface area contributed by atoms with Gasteiger partial charge in [0.15, 0.2) is 6.30 Å². The number of nitrogens with zero attached hydrogens (tertiary/aromatic N) is 3. The first-order valence-electron chi connectivity index (χ1n) is 13.3. The highest BCUT2D eigenvalue weighted by Gasteiger charge is 2.47. The Morgan fingerprint density at radius 3 is 2.58 bits per heavy atom. The van der Waals surface area contributed by atoms with Gasteiger partial charge in [0.2, 0.25) is 11.8 Å². The molecule has 0 saturated heterocycles. The lowest BCUT2D eigenvalue weighted by Gasteiger charge is -2.24. The van der Waals surface area contributed by atoms with Gasteiger partial charge in [0, 0.05) is 41.2 Å². The Bertz CT molecular complexity index is 1670. The number of nitrogen functional groups attached to an aromatic ring is 1. The van der Waals surface area contributed by atoms with E-state index in [-0.39, 0.29) is 62.6 Å². The molecule has 2 amide bonds. The number of methoxy groups -OCH3 is 2. The van der Waals surface area contributed by atoms with Gasteiger partial charge >= 0.3 is 6.18 Å². The first kappa shape index (κ1) is 33.2. The average Bonchev–Trinajstić information content (AvgIpc) is 3.33. The quantitative estimate of drug-likeness (QED) is 0.126. The van der Waals surface area contributed by atoms with Crippen molar-refractivity contribution in [2.24, 2.45) is 10.7 Å². The third kappa shape index (κ3) is 6.57. The number of ether oxygens (including phenoxy) is 3. The molecule has 0 fully saturated rings. The van der Waals surface area contributed by atoms with E-state index in [0.29, 0.717) is 0 Å². The van der Waals surface area contributed by atoms with Crippen LogP contribution < -0.4 is 31.0 Å². The fourth-order valence-corrected chi connectivity index (χ4v) is 4.92. The van der Waals surface area contributed by atoms with Crippen molar-refractivity contribution in [3.63, 3.8) is 0 Å². The minimum Gasteiger partial charge on any atom is -0.495 e. The molecule has 0 radical (unpaired) electrons. The fourth-order valence-electron chi connectivity index (χ4n) is 4.64. The number of alkyl halides is 4. The van der Waals surface area contributed by atoms with E-state index < -0.39 is 47.9 Å². The predicted octanol–water partition coefficient (Wildman–Crippen LogP) is 4.34. The lowest BCUT2D eigenvalue weighted by Crippen LogP contribution is -2.40. The summed E-state index contributed by atoms with van der Waals surface area (Å²) in [5, 5.41) is 2.22. The third-order valence-electron chi connectivity index (χ3n) is 7.24. The summed E-state index contributed by atoms with van der Waals surface area (Å²) >= 11 is 6.46. The molecule has 3 aromatic rings. The maximum atomic E-state index is 14.6. The second kappa shape index (κ2) is 12.8. The molecule has 1 aliphatic rings. The molecule has 0 aliphatic carbocycles. The van der Waals surface area contributed by atoms with Crippen molar-refractivity contribution in [2.75, 3.05) is 33.1 Å². The fraction of sp³-hybridized carbons (Fsp3) is 0.345. The summed E-state index contributed by atoms with van der Waals surface area (Å²) in [4.78, 5) is 37.5. The molecule has 2 aromatic heterocycles. The molecular formula is C29H29ClF4N6O5. The van der Waals surface area contributed by atoms with Crippen molar-refractivity contribution in [3.05, 3.63) is 57.9 Å². The van der Waals surface area contributed by atoms with Gasteiger partial charge in [0.1, 0.15) is 40.2 Å². The zero-order chi connectivity index (χ0) is 33.3. The van der Waals surface area contributed by atoms with Crippen LogP contribution >= 0.6 is 11.6 Å². The molecule has 3 atom stereocenters. The molecule has 45 heavy (non-hydrogen) atoms. The smallest absolute Gasteiger partial charge is 0.398 e. The molecule has 4 rings (SSSR count). The molecule has 2 unspecified atom stereocenters. The summed E-state index contributed by atoms with van der Waals surface area (Å²) in [6.07, 6.45) is -4.10. The summed E-state index contributed by atoms with van der Waals surface area (Å²) in [7, 11) is 2.58. The molecule has 5 N–H and O–H groups in total. The van der Waals surface area contributed by atoms with Gasteiger partial charge in [-0.15, -0.1) is 0 Å². The van der Waals surface area contributed by atoms with Gasteiger partial charge in [0.25, 0.3) is 5.91 Å². The number of nitrogens with one attached hydrogen (secondary N) is 1. The van der Waals surface area contributed by atoms with Crippen molar-refractivity contribution >= 4 is 35.3 Å². The van der Waals surface area contributed by atoms with Crippen LogP contribution in [0.4, 0.5) is 23.2 Å². The highest BCUT2D eigenvalue weighted by Crippen LogP contribution is 2.48. The number of hydrogen-bond donors (Lipinski definition) is 3. The van der Waals surface area contributed by atoms with Gasteiger partial charge < -0.3 is 31.0 Å². The van der Waals surface area contributed by atoms with Crippen LogP contribution in [0.5, 0.6) is 17.4 Å². The maximum Gasteiger partial charge on any atom is 0.398 e. The second-order valence-corrected chi connectivity index (χ2v) is 10.7. The molecule has 1 aliphatic heterocycles. The van der Waals surface area contributed by atoms with E-state index in [1.807, 2.05) is 0 Å². The summed E-state index contributed by atoms with van der Waals surface area (Å²) in [6.45, 7) is 1.39. The van der Waals surface area contributed by atoms with Crippen molar-refractivity contribution in [1.82, 2.24) is 15.3 Å². The highest BCUT2D eigenvalue weighted by atomic mass is 35.5. The molecule has 3 heterocycles. The number of pyridine rings is 2. The number of hydrogen-bond acceptors (Lipinski definition) is 9. The number of fused-ring (bicyclic) bond motifs is 1. The summed E-state index contributed by atoms with van der Waals surface area (Å²) in [5.74, 6) is -4.09. The van der Waals surface area contributed by atoms with Crippen LogP contribution in [-0.2, 0) is 10.2 Å². The number of primary amides is 1. The Morgan fingerprint density at radius 1 is 1.27 bits per heavy atom. The number of halogens is 5. The van der Waals surface area contributed by atoms with E-state index >= 15 is 0 Å². The standard InChI is InChI=1S/C29H29ClF4N6O5/c1-13(31)38-10-15-7-14(8-20(43-3)22(15)35)25(41)39-11-18(29(32,33)34)19-9-17-24(45-12-28(17,2)27(36)42)23(40-19)16-5-6-37-26(44-4)21(16)30/h5-10,13,18H,11-12,35H2,1-4H3,(H2,36,42)(H,39,41)/b38-10+/t13?,18?,28-/m0/s1. The number of rotatable bonds is 10. The van der Waals surface area contributed by atoms with Crippen LogP contribution in [0.1, 0.15) is 46.9 Å². The van der Waals surface area contributed by atoms with Crippen LogP contribution in [0.3, 0.4) is 0 Å². The van der Waals surface area contributed by atoms with Crippen LogP contribution in [0.2, 0.25) is 5.02 Å². The largest absolute Gasteiger partial charge is 0.495 e. The number of aliphatic imine (C=N–C) groups is 1. The summed E-state index contributed by atoms with van der Waals surface area (Å²) in [5.41, 5.74) is 9.74. The molecule has 11 nitrogen and oxygen atoms in total. The van der Waals surface area contributed by atoms with E-state index in [2.05, 4.69) is 20.3 Å². The highest BCUT2D eigenvalue weighted by molar-refractivity contribution is 6.34. The van der Waals surface area contributed by atoms with Crippen LogP contribution in [0, 0.1) is 0 Å².